The number of benzene rings is 2. The van der Waals surface area contributed by atoms with Gasteiger partial charge in [-0.05, 0) is 38.1 Å². The van der Waals surface area contributed by atoms with Crippen molar-refractivity contribution in [3.63, 3.8) is 0 Å². The average molecular weight is 523 g/mol. The monoisotopic (exact) mass is 522 g/mol. The molecule has 2 rings (SSSR count). The summed E-state index contributed by atoms with van der Waals surface area (Å²) in [6, 6.07) is 12.4. The zero-order valence-electron chi connectivity index (χ0n) is 17.6. The number of aliphatic hydroxyl groups excluding tert-OH is 2. The van der Waals surface area contributed by atoms with E-state index in [-0.39, 0.29) is 21.3 Å². The molecule has 178 valence electrons. The third-order valence-corrected chi connectivity index (χ3v) is 9.17. The first kappa shape index (κ1) is 27.1. The van der Waals surface area contributed by atoms with Crippen LogP contribution >= 0.6 is 21.6 Å². The molecule has 0 saturated carbocycles. The van der Waals surface area contributed by atoms with Crippen LogP contribution in [0.25, 0.3) is 0 Å². The van der Waals surface area contributed by atoms with Crippen LogP contribution < -0.4 is 0 Å². The van der Waals surface area contributed by atoms with Crippen molar-refractivity contribution in [3.8, 4) is 0 Å². The van der Waals surface area contributed by atoms with Crippen LogP contribution in [-0.2, 0) is 28.6 Å². The van der Waals surface area contributed by atoms with Gasteiger partial charge in [-0.3, -0.25) is 8.37 Å². The molecule has 0 fully saturated rings. The van der Waals surface area contributed by atoms with Gasteiger partial charge in [-0.25, -0.2) is 0 Å². The maximum Gasteiger partial charge on any atom is 0.297 e. The van der Waals surface area contributed by atoms with Crippen molar-refractivity contribution in [2.24, 2.45) is 0 Å². The highest BCUT2D eigenvalue weighted by Gasteiger charge is 2.19. The van der Waals surface area contributed by atoms with E-state index in [2.05, 4.69) is 0 Å². The van der Waals surface area contributed by atoms with Crippen LogP contribution in [0.3, 0.4) is 0 Å². The number of hydrogen-bond donors (Lipinski definition) is 2. The molecule has 2 unspecified atom stereocenters. The Morgan fingerprint density at radius 2 is 1.00 bits per heavy atom. The average Bonchev–Trinajstić information content (AvgIpc) is 2.74. The van der Waals surface area contributed by atoms with Crippen LogP contribution in [-0.4, -0.2) is 64.0 Å². The predicted molar refractivity (Wildman–Crippen MR) is 126 cm³/mol. The van der Waals surface area contributed by atoms with Gasteiger partial charge in [0.2, 0.25) is 0 Å². The first-order valence-electron chi connectivity index (χ1n) is 9.52. The summed E-state index contributed by atoms with van der Waals surface area (Å²) in [5, 5.41) is 19.9. The zero-order chi connectivity index (χ0) is 23.8. The Balaban J connectivity index is 1.66. The van der Waals surface area contributed by atoms with Gasteiger partial charge >= 0.3 is 0 Å². The van der Waals surface area contributed by atoms with E-state index in [1.165, 1.54) is 45.9 Å². The highest BCUT2D eigenvalue weighted by molar-refractivity contribution is 8.76. The van der Waals surface area contributed by atoms with Crippen molar-refractivity contribution in [3.05, 3.63) is 59.7 Å². The van der Waals surface area contributed by atoms with Gasteiger partial charge in [-0.15, -0.1) is 0 Å². The maximum atomic E-state index is 12.1. The van der Waals surface area contributed by atoms with Crippen LogP contribution in [0.1, 0.15) is 11.1 Å². The zero-order valence-corrected chi connectivity index (χ0v) is 20.8. The van der Waals surface area contributed by atoms with E-state index in [4.69, 9.17) is 8.37 Å². The van der Waals surface area contributed by atoms with E-state index in [1.54, 1.807) is 24.3 Å². The summed E-state index contributed by atoms with van der Waals surface area (Å²) >= 11 is 0. The van der Waals surface area contributed by atoms with Gasteiger partial charge in [-0.1, -0.05) is 57.0 Å². The molecule has 0 aliphatic rings. The molecule has 0 saturated heterocycles. The minimum atomic E-state index is -3.95. The van der Waals surface area contributed by atoms with Gasteiger partial charge in [0.1, 0.15) is 0 Å². The van der Waals surface area contributed by atoms with Gasteiger partial charge in [0, 0.05) is 11.5 Å². The molecule has 2 aromatic carbocycles. The molecule has 2 aromatic rings. The first-order chi connectivity index (χ1) is 15.0. The molecule has 8 nitrogen and oxygen atoms in total. The Morgan fingerprint density at radius 3 is 1.31 bits per heavy atom. The Kier molecular flexibility index (Phi) is 10.5. The fourth-order valence-electron chi connectivity index (χ4n) is 2.23. The third kappa shape index (κ3) is 9.02. The van der Waals surface area contributed by atoms with E-state index < -0.39 is 45.7 Å². The van der Waals surface area contributed by atoms with Gasteiger partial charge in [-0.2, -0.15) is 16.8 Å². The van der Waals surface area contributed by atoms with E-state index in [0.717, 1.165) is 11.1 Å². The molecule has 2 atom stereocenters. The first-order valence-corrected chi connectivity index (χ1v) is 14.8. The molecule has 2 N–H and O–H groups in total. The van der Waals surface area contributed by atoms with Crippen molar-refractivity contribution in [1.82, 2.24) is 0 Å². The van der Waals surface area contributed by atoms with Crippen LogP contribution in [0.5, 0.6) is 0 Å². The van der Waals surface area contributed by atoms with Gasteiger partial charge in [0.15, 0.2) is 0 Å². The summed E-state index contributed by atoms with van der Waals surface area (Å²) in [6.07, 6.45) is -2.08. The summed E-state index contributed by atoms with van der Waals surface area (Å²) in [5.41, 5.74) is 1.83. The Labute approximate surface area is 197 Å². The van der Waals surface area contributed by atoms with Crippen LogP contribution in [0, 0.1) is 13.8 Å². The number of aliphatic hydroxyl groups is 2. The molecule has 0 spiro atoms. The summed E-state index contributed by atoms with van der Waals surface area (Å²) in [5.74, 6) is 0.312. The third-order valence-electron chi connectivity index (χ3n) is 4.05. The Morgan fingerprint density at radius 1 is 0.688 bits per heavy atom. The second-order valence-electron chi connectivity index (χ2n) is 6.98. The molecule has 0 bridgehead atoms. The lowest BCUT2D eigenvalue weighted by atomic mass is 10.2. The minimum absolute atomic E-state index is 0.0149. The molecule has 0 aliphatic carbocycles. The second kappa shape index (κ2) is 12.4. The smallest absolute Gasteiger partial charge is 0.297 e. The second-order valence-corrected chi connectivity index (χ2v) is 12.8. The summed E-state index contributed by atoms with van der Waals surface area (Å²) < 4.78 is 58.2. The van der Waals surface area contributed by atoms with E-state index in [1.807, 2.05) is 13.8 Å². The lowest BCUT2D eigenvalue weighted by Gasteiger charge is -2.13. The largest absolute Gasteiger partial charge is 0.390 e. The number of aryl methyl sites for hydroxylation is 2. The highest BCUT2D eigenvalue weighted by Crippen LogP contribution is 2.24. The summed E-state index contributed by atoms with van der Waals surface area (Å²) in [7, 11) is -5.51. The van der Waals surface area contributed by atoms with Crippen molar-refractivity contribution < 1.29 is 35.4 Å². The molecule has 12 heteroatoms. The van der Waals surface area contributed by atoms with Crippen LogP contribution in [0.2, 0.25) is 0 Å². The van der Waals surface area contributed by atoms with Gasteiger partial charge in [0.25, 0.3) is 20.2 Å². The molecule has 0 aliphatic heterocycles. The summed E-state index contributed by atoms with van der Waals surface area (Å²) in [4.78, 5) is 0.0297. The van der Waals surface area contributed by atoms with E-state index in [9.17, 15) is 27.0 Å². The minimum Gasteiger partial charge on any atom is -0.390 e. The molecular formula is C20H26O8S4. The standard InChI is InChI=1S/C20H26O8S4/c1-15-3-7-19(8-4-15)31(23,24)27-11-17(21)13-29-30-14-18(22)12-28-32(25,26)20-9-5-16(2)6-10-20/h3-10,17-18,21-22H,11-14H2,1-2H3. The van der Waals surface area contributed by atoms with Crippen LogP contribution in [0.4, 0.5) is 0 Å². The van der Waals surface area contributed by atoms with Gasteiger partial charge < -0.3 is 10.2 Å². The molecule has 0 radical (unpaired) electrons. The molecule has 0 aromatic heterocycles. The lowest BCUT2D eigenvalue weighted by molar-refractivity contribution is 0.129. The van der Waals surface area contributed by atoms with Crippen LogP contribution in [0.15, 0.2) is 58.3 Å². The topological polar surface area (TPSA) is 127 Å². The highest BCUT2D eigenvalue weighted by atomic mass is 33.1. The van der Waals surface area contributed by atoms with E-state index >= 15 is 0 Å². The Bertz CT molecular complexity index is 964. The van der Waals surface area contributed by atoms with Crippen molar-refractivity contribution >= 4 is 41.8 Å². The summed E-state index contributed by atoms with van der Waals surface area (Å²) in [6.45, 7) is 2.87. The lowest BCUT2D eigenvalue weighted by Crippen LogP contribution is -2.22. The number of hydrogen-bond acceptors (Lipinski definition) is 10. The molecule has 32 heavy (non-hydrogen) atoms. The molecule has 0 amide bonds. The fourth-order valence-corrected chi connectivity index (χ4v) is 6.33. The normalized spacial score (nSPS) is 14.2. The quantitative estimate of drug-likeness (QED) is 0.230. The fraction of sp³-hybridized carbons (Fsp3) is 0.400. The molecular weight excluding hydrogens is 496 g/mol. The van der Waals surface area contributed by atoms with Crippen molar-refractivity contribution in [1.29, 1.82) is 0 Å². The van der Waals surface area contributed by atoms with Crippen molar-refractivity contribution in [2.45, 2.75) is 35.8 Å². The SMILES string of the molecule is Cc1ccc(S(=O)(=O)OCC(O)CSSCC(O)COS(=O)(=O)c2ccc(C)cc2)cc1. The maximum absolute atomic E-state index is 12.1. The number of rotatable bonds is 13. The molecule has 0 heterocycles. The predicted octanol–water partition coefficient (Wildman–Crippen LogP) is 2.52. The van der Waals surface area contributed by atoms with Crippen molar-refractivity contribution in [2.75, 3.05) is 24.7 Å². The Hall–Kier alpha value is -1.12. The van der Waals surface area contributed by atoms with Gasteiger partial charge in [0.05, 0.1) is 35.2 Å². The van der Waals surface area contributed by atoms with E-state index in [0.29, 0.717) is 0 Å².